The van der Waals surface area contributed by atoms with Crippen LogP contribution in [0, 0.1) is 5.82 Å². The number of aromatic hydroxyl groups is 1. The van der Waals surface area contributed by atoms with Crippen LogP contribution in [0.1, 0.15) is 50.0 Å². The maximum absolute atomic E-state index is 15.2. The van der Waals surface area contributed by atoms with Gasteiger partial charge in [-0.3, -0.25) is 24.6 Å². The van der Waals surface area contributed by atoms with Crippen molar-refractivity contribution in [2.24, 2.45) is 0 Å². The molecule has 2 bridgehead atoms. The van der Waals surface area contributed by atoms with E-state index in [2.05, 4.69) is 48.4 Å². The lowest BCUT2D eigenvalue weighted by atomic mass is 9.90. The molecule has 5 aliphatic heterocycles. The summed E-state index contributed by atoms with van der Waals surface area (Å²) >= 11 is 0. The lowest BCUT2D eigenvalue weighted by Crippen LogP contribution is -2.54. The van der Waals surface area contributed by atoms with Crippen LogP contribution in [0.15, 0.2) is 72.8 Å². The summed E-state index contributed by atoms with van der Waals surface area (Å²) in [6, 6.07) is 22.9. The van der Waals surface area contributed by atoms with E-state index in [0.29, 0.717) is 92.6 Å². The van der Waals surface area contributed by atoms with E-state index >= 15 is 4.39 Å². The molecule has 0 saturated carbocycles. The monoisotopic (exact) mass is 803 g/mol. The Hall–Kier alpha value is -5.96. The number of para-hydroxylation sites is 1. The first kappa shape index (κ1) is 38.6. The minimum atomic E-state index is -0.525. The number of likely N-dealkylation sites (tertiary alicyclic amines) is 1. The molecular formula is C44H50FN9O5. The molecule has 59 heavy (non-hydrogen) atoms. The van der Waals surface area contributed by atoms with Crippen LogP contribution in [-0.2, 0) is 14.4 Å². The highest BCUT2D eigenvalue weighted by Crippen LogP contribution is 2.40. The molecule has 4 N–H and O–H groups in total. The summed E-state index contributed by atoms with van der Waals surface area (Å²) in [7, 11) is 0. The first-order valence-corrected chi connectivity index (χ1v) is 20.8. The van der Waals surface area contributed by atoms with Crippen molar-refractivity contribution >= 4 is 40.6 Å². The fourth-order valence-corrected chi connectivity index (χ4v) is 9.57. The smallest absolute Gasteiger partial charge is 0.236 e. The minimum absolute atomic E-state index is 0.0168. The Morgan fingerprint density at radius 3 is 2.32 bits per heavy atom. The molecule has 1 aromatic heterocycles. The van der Waals surface area contributed by atoms with Crippen molar-refractivity contribution in [3.63, 3.8) is 0 Å². The number of nitrogens with zero attached hydrogens (tertiary/aromatic N) is 7. The van der Waals surface area contributed by atoms with Crippen molar-refractivity contribution in [1.29, 1.82) is 0 Å². The topological polar surface area (TPSA) is 161 Å². The molecule has 0 radical (unpaired) electrons. The Morgan fingerprint density at radius 1 is 0.831 bits per heavy atom. The Kier molecular flexibility index (Phi) is 10.7. The number of imide groups is 1. The number of piperidine rings is 2. The Labute approximate surface area is 342 Å². The lowest BCUT2D eigenvalue weighted by Gasteiger charge is -2.43. The second-order valence-electron chi connectivity index (χ2n) is 16.4. The maximum Gasteiger partial charge on any atom is 0.236 e. The number of carbonyl (C=O) groups excluding carboxylic acids is 3. The number of fused-ring (bicyclic) bond motifs is 2. The van der Waals surface area contributed by atoms with Crippen molar-refractivity contribution in [1.82, 2.24) is 25.3 Å². The second-order valence-corrected chi connectivity index (χ2v) is 16.4. The number of halogens is 1. The van der Waals surface area contributed by atoms with Crippen molar-refractivity contribution in [3.8, 4) is 22.8 Å². The van der Waals surface area contributed by atoms with Crippen LogP contribution >= 0.6 is 0 Å². The molecule has 308 valence electrons. The van der Waals surface area contributed by atoms with E-state index in [1.165, 1.54) is 6.07 Å². The Bertz CT molecular complexity index is 2210. The highest BCUT2D eigenvalue weighted by atomic mass is 19.1. The van der Waals surface area contributed by atoms with Gasteiger partial charge in [0.25, 0.3) is 0 Å². The van der Waals surface area contributed by atoms with Crippen LogP contribution in [0.4, 0.5) is 27.3 Å². The van der Waals surface area contributed by atoms with Gasteiger partial charge in [0.05, 0.1) is 29.5 Å². The normalized spacial score (nSPS) is 22.8. The van der Waals surface area contributed by atoms with Gasteiger partial charge >= 0.3 is 0 Å². The summed E-state index contributed by atoms with van der Waals surface area (Å²) in [5, 5.41) is 21.3. The maximum atomic E-state index is 15.2. The highest BCUT2D eigenvalue weighted by Gasteiger charge is 2.41. The zero-order chi connectivity index (χ0) is 40.6. The molecule has 3 amide bonds. The molecule has 0 unspecified atom stereocenters. The molecule has 5 fully saturated rings. The third-order valence-corrected chi connectivity index (χ3v) is 12.7. The van der Waals surface area contributed by atoms with E-state index < -0.39 is 5.92 Å². The van der Waals surface area contributed by atoms with Gasteiger partial charge in [-0.05, 0) is 67.3 Å². The number of hydrogen-bond acceptors (Lipinski definition) is 12. The number of anilines is 4. The second kappa shape index (κ2) is 16.4. The van der Waals surface area contributed by atoms with Gasteiger partial charge in [0.1, 0.15) is 23.4 Å². The molecular weight excluding hydrogens is 754 g/mol. The predicted molar refractivity (Wildman–Crippen MR) is 222 cm³/mol. The quantitative estimate of drug-likeness (QED) is 0.208. The van der Waals surface area contributed by atoms with Crippen LogP contribution in [0.2, 0.25) is 0 Å². The number of nitrogen functional groups attached to an aromatic ring is 1. The lowest BCUT2D eigenvalue weighted by molar-refractivity contribution is -0.135. The van der Waals surface area contributed by atoms with Crippen molar-refractivity contribution < 1.29 is 28.6 Å². The van der Waals surface area contributed by atoms with Crippen molar-refractivity contribution in [2.45, 2.75) is 62.6 Å². The average molecular weight is 804 g/mol. The Balaban J connectivity index is 0.744. The summed E-state index contributed by atoms with van der Waals surface area (Å²) in [6.45, 7) is 5.65. The number of benzene rings is 3. The predicted octanol–water partition coefficient (Wildman–Crippen LogP) is 4.14. The van der Waals surface area contributed by atoms with Gasteiger partial charge in [0.15, 0.2) is 5.82 Å². The fraction of sp³-hybridized carbons (Fsp3) is 0.432. The SMILES string of the molecule is Nc1nnc(-c2ccccc2O)cc1N1C[C@H]2CC[C@@H](C1)N2c1cccc(OC2CCN(C(=O)CN3CCN(c4ccc([C@@H]5CCC(=O)NC5=O)cc4F)CC3)CC2)c1. The average Bonchev–Trinajstić information content (AvgIpc) is 3.50. The van der Waals surface area contributed by atoms with Gasteiger partial charge in [-0.2, -0.15) is 0 Å². The Morgan fingerprint density at radius 2 is 1.59 bits per heavy atom. The van der Waals surface area contributed by atoms with Gasteiger partial charge in [-0.1, -0.05) is 24.3 Å². The third kappa shape index (κ3) is 8.07. The first-order chi connectivity index (χ1) is 28.7. The zero-order valence-electron chi connectivity index (χ0n) is 33.0. The highest BCUT2D eigenvalue weighted by molar-refractivity contribution is 6.01. The van der Waals surface area contributed by atoms with Crippen LogP contribution in [0.3, 0.4) is 0 Å². The number of amides is 3. The molecule has 5 aliphatic rings. The molecule has 9 rings (SSSR count). The van der Waals surface area contributed by atoms with Crippen molar-refractivity contribution in [3.05, 3.63) is 84.2 Å². The number of piperazine rings is 2. The van der Waals surface area contributed by atoms with E-state index in [-0.39, 0.29) is 41.8 Å². The summed E-state index contributed by atoms with van der Waals surface area (Å²) in [5.74, 6) is -0.102. The number of nitrogens with one attached hydrogen (secondary N) is 1. The van der Waals surface area contributed by atoms with E-state index in [9.17, 15) is 19.5 Å². The van der Waals surface area contributed by atoms with E-state index in [1.807, 2.05) is 34.1 Å². The third-order valence-electron chi connectivity index (χ3n) is 12.7. The fourth-order valence-electron chi connectivity index (χ4n) is 9.57. The number of phenols is 1. The van der Waals surface area contributed by atoms with Crippen LogP contribution in [-0.4, -0.2) is 120 Å². The van der Waals surface area contributed by atoms with Crippen LogP contribution in [0.25, 0.3) is 11.3 Å². The molecule has 3 aromatic carbocycles. The van der Waals surface area contributed by atoms with Crippen LogP contribution in [0.5, 0.6) is 11.5 Å². The number of ether oxygens (including phenoxy) is 1. The van der Waals surface area contributed by atoms with Gasteiger partial charge in [-0.15, -0.1) is 10.2 Å². The standard InChI is InChI=1S/C44H50FN9O5/c45-36-22-28(34-11-13-41(56)47-44(34)58)8-12-38(36)51-20-18-50(19-21-51)27-42(57)52-16-14-32(15-17-52)59-33-5-3-4-29(23-33)54-30-9-10-31(54)26-53(25-30)39-24-37(48-49-43(39)46)35-6-1-2-7-40(35)55/h1-8,12,22-24,30-32,34,55H,9-11,13-21,25-27H2,(H2,46,49)(H,47,56,58)/t30-,31+,34-/m0/s1. The molecule has 0 aliphatic carbocycles. The van der Waals surface area contributed by atoms with E-state index in [0.717, 1.165) is 55.9 Å². The van der Waals surface area contributed by atoms with Crippen molar-refractivity contribution in [2.75, 3.05) is 79.3 Å². The summed E-state index contributed by atoms with van der Waals surface area (Å²) in [4.78, 5) is 48.0. The number of aromatic nitrogens is 2. The number of phenolic OH excluding ortho intramolecular Hbond substituents is 1. The van der Waals surface area contributed by atoms with E-state index in [1.54, 1.807) is 24.3 Å². The number of hydrogen-bond donors (Lipinski definition) is 3. The van der Waals surface area contributed by atoms with E-state index in [4.69, 9.17) is 10.5 Å². The zero-order valence-corrected chi connectivity index (χ0v) is 33.0. The largest absolute Gasteiger partial charge is 0.507 e. The molecule has 5 saturated heterocycles. The number of rotatable bonds is 9. The molecule has 6 heterocycles. The van der Waals surface area contributed by atoms with Gasteiger partial charge in [0, 0.05) is 101 Å². The van der Waals surface area contributed by atoms with Gasteiger partial charge in [0.2, 0.25) is 17.7 Å². The van der Waals surface area contributed by atoms with Gasteiger partial charge in [-0.25, -0.2) is 4.39 Å². The molecule has 4 aromatic rings. The number of carbonyl (C=O) groups is 3. The minimum Gasteiger partial charge on any atom is -0.507 e. The molecule has 14 nitrogen and oxygen atoms in total. The summed E-state index contributed by atoms with van der Waals surface area (Å²) in [5.41, 5.74) is 10.6. The molecule has 15 heteroatoms. The van der Waals surface area contributed by atoms with Gasteiger partial charge < -0.3 is 35.2 Å². The number of nitrogens with two attached hydrogens (primary N) is 1. The summed E-state index contributed by atoms with van der Waals surface area (Å²) in [6.07, 6.45) is 4.29. The van der Waals surface area contributed by atoms with Crippen LogP contribution < -0.4 is 30.5 Å². The molecule has 3 atom stereocenters. The summed E-state index contributed by atoms with van der Waals surface area (Å²) < 4.78 is 21.8. The first-order valence-electron chi connectivity index (χ1n) is 20.8. The molecule has 0 spiro atoms.